The van der Waals surface area contributed by atoms with Gasteiger partial charge in [0, 0.05) is 24.7 Å². The second kappa shape index (κ2) is 8.66. The number of nitriles is 1. The molecule has 29 heavy (non-hydrogen) atoms. The maximum absolute atomic E-state index is 12.4. The lowest BCUT2D eigenvalue weighted by molar-refractivity contribution is 0.0206. The zero-order chi connectivity index (χ0) is 21.0. The molecular weight excluding hydrogens is 390 g/mol. The van der Waals surface area contributed by atoms with Crippen LogP contribution in [-0.2, 0) is 4.74 Å². The first-order valence-electron chi connectivity index (χ1n) is 9.53. The van der Waals surface area contributed by atoms with Crippen LogP contribution in [0.5, 0.6) is 0 Å². The summed E-state index contributed by atoms with van der Waals surface area (Å²) in [7, 11) is 0. The first-order chi connectivity index (χ1) is 13.7. The Balaban J connectivity index is 1.71. The average molecular weight is 414 g/mol. The highest BCUT2D eigenvalue weighted by Gasteiger charge is 2.28. The Kier molecular flexibility index (Phi) is 6.23. The molecule has 8 heteroatoms. The quantitative estimate of drug-likeness (QED) is 0.797. The number of rotatable bonds is 3. The lowest BCUT2D eigenvalue weighted by Gasteiger charge is -2.34. The molecule has 1 aliphatic rings. The highest BCUT2D eigenvalue weighted by molar-refractivity contribution is 6.32. The van der Waals surface area contributed by atoms with Gasteiger partial charge in [0.15, 0.2) is 0 Å². The van der Waals surface area contributed by atoms with E-state index < -0.39 is 5.60 Å². The zero-order valence-corrected chi connectivity index (χ0v) is 17.5. The Morgan fingerprint density at radius 2 is 2.07 bits per heavy atom. The predicted octanol–water partition coefficient (Wildman–Crippen LogP) is 4.48. The number of likely N-dealkylation sites (tertiary alicyclic amines) is 1. The molecule has 152 valence electrons. The van der Waals surface area contributed by atoms with Crippen molar-refractivity contribution in [2.24, 2.45) is 0 Å². The van der Waals surface area contributed by atoms with Crippen LogP contribution in [0.3, 0.4) is 0 Å². The van der Waals surface area contributed by atoms with Crippen molar-refractivity contribution < 1.29 is 9.53 Å². The van der Waals surface area contributed by atoms with E-state index in [1.165, 1.54) is 0 Å². The first kappa shape index (κ1) is 20.9. The molecule has 1 atom stereocenters. The molecule has 1 aromatic heterocycles. The molecule has 1 unspecified atom stereocenters. The minimum atomic E-state index is -0.521. The smallest absolute Gasteiger partial charge is 0.410 e. The second-order valence-electron chi connectivity index (χ2n) is 7.99. The van der Waals surface area contributed by atoms with E-state index in [9.17, 15) is 4.79 Å². The van der Waals surface area contributed by atoms with Gasteiger partial charge in [0.05, 0.1) is 28.5 Å². The van der Waals surface area contributed by atoms with E-state index >= 15 is 0 Å². The minimum absolute atomic E-state index is 0.0197. The highest BCUT2D eigenvalue weighted by Crippen LogP contribution is 2.27. The van der Waals surface area contributed by atoms with E-state index in [2.05, 4.69) is 21.4 Å². The molecule has 0 radical (unpaired) electrons. The van der Waals surface area contributed by atoms with Crippen LogP contribution in [0.15, 0.2) is 30.5 Å². The van der Waals surface area contributed by atoms with E-state index in [4.69, 9.17) is 21.6 Å². The molecule has 1 aliphatic heterocycles. The summed E-state index contributed by atoms with van der Waals surface area (Å²) in [6.07, 6.45) is 3.02. The maximum atomic E-state index is 12.4. The Hall–Kier alpha value is -2.85. The molecule has 1 aromatic carbocycles. The normalized spacial score (nSPS) is 16.8. The number of benzene rings is 1. The van der Waals surface area contributed by atoms with Gasteiger partial charge in [-0.05, 0) is 45.7 Å². The summed E-state index contributed by atoms with van der Waals surface area (Å²) in [5.74, 6) is 0.449. The van der Waals surface area contributed by atoms with Gasteiger partial charge in [0.1, 0.15) is 5.60 Å². The Bertz CT molecular complexity index is 918. The lowest BCUT2D eigenvalue weighted by atomic mass is 10.1. The third kappa shape index (κ3) is 5.58. The summed E-state index contributed by atoms with van der Waals surface area (Å²) in [6, 6.07) is 9.17. The number of halogens is 1. The van der Waals surface area contributed by atoms with E-state index in [1.54, 1.807) is 35.4 Å². The molecule has 7 nitrogen and oxygen atoms in total. The van der Waals surface area contributed by atoms with Crippen molar-refractivity contribution in [1.82, 2.24) is 14.9 Å². The van der Waals surface area contributed by atoms with Gasteiger partial charge in [-0.1, -0.05) is 23.7 Å². The first-order valence-corrected chi connectivity index (χ1v) is 9.90. The van der Waals surface area contributed by atoms with Crippen LogP contribution in [0.4, 0.5) is 10.7 Å². The fourth-order valence-corrected chi connectivity index (χ4v) is 3.31. The third-order valence-electron chi connectivity index (χ3n) is 4.44. The summed E-state index contributed by atoms with van der Waals surface area (Å²) >= 11 is 6.29. The largest absolute Gasteiger partial charge is 0.444 e. The topological polar surface area (TPSA) is 91.1 Å². The SMILES string of the molecule is CC(C)(C)OC(=O)N1CCCC(Nc2ncc(Cl)c(-c3ccc(C#N)cc3)n2)C1. The molecule has 1 N–H and O–H groups in total. The molecule has 0 bridgehead atoms. The van der Waals surface area contributed by atoms with Crippen LogP contribution in [0.2, 0.25) is 5.02 Å². The lowest BCUT2D eigenvalue weighted by Crippen LogP contribution is -2.47. The molecule has 0 saturated carbocycles. The molecular formula is C21H24ClN5O2. The molecule has 2 aromatic rings. The van der Waals surface area contributed by atoms with Gasteiger partial charge in [0.2, 0.25) is 5.95 Å². The van der Waals surface area contributed by atoms with Crippen LogP contribution >= 0.6 is 11.6 Å². The van der Waals surface area contributed by atoms with E-state index in [-0.39, 0.29) is 12.1 Å². The van der Waals surface area contributed by atoms with E-state index in [0.29, 0.717) is 35.3 Å². The minimum Gasteiger partial charge on any atom is -0.444 e. The van der Waals surface area contributed by atoms with Gasteiger partial charge >= 0.3 is 6.09 Å². The third-order valence-corrected chi connectivity index (χ3v) is 4.71. The fraction of sp³-hybridized carbons (Fsp3) is 0.429. The van der Waals surface area contributed by atoms with Crippen LogP contribution in [-0.4, -0.2) is 45.7 Å². The number of hydrogen-bond donors (Lipinski definition) is 1. The highest BCUT2D eigenvalue weighted by atomic mass is 35.5. The predicted molar refractivity (Wildman–Crippen MR) is 112 cm³/mol. The van der Waals surface area contributed by atoms with Crippen molar-refractivity contribution in [3.63, 3.8) is 0 Å². The van der Waals surface area contributed by atoms with Gasteiger partial charge in [-0.2, -0.15) is 5.26 Å². The van der Waals surface area contributed by atoms with Gasteiger partial charge in [-0.15, -0.1) is 0 Å². The van der Waals surface area contributed by atoms with Crippen LogP contribution < -0.4 is 5.32 Å². The number of aromatic nitrogens is 2. The van der Waals surface area contributed by atoms with Crippen LogP contribution in [0, 0.1) is 11.3 Å². The van der Waals surface area contributed by atoms with Gasteiger partial charge in [-0.3, -0.25) is 0 Å². The summed E-state index contributed by atoms with van der Waals surface area (Å²) in [5, 5.41) is 12.7. The number of amides is 1. The van der Waals surface area contributed by atoms with Gasteiger partial charge in [0.25, 0.3) is 0 Å². The number of carbonyl (C=O) groups is 1. The fourth-order valence-electron chi connectivity index (χ4n) is 3.11. The maximum Gasteiger partial charge on any atom is 0.410 e. The number of hydrogen-bond acceptors (Lipinski definition) is 6. The number of ether oxygens (including phenoxy) is 1. The van der Waals surface area contributed by atoms with Crippen molar-refractivity contribution in [3.05, 3.63) is 41.0 Å². The number of nitrogens with zero attached hydrogens (tertiary/aromatic N) is 4. The van der Waals surface area contributed by atoms with Crippen molar-refractivity contribution >= 4 is 23.6 Å². The summed E-state index contributed by atoms with van der Waals surface area (Å²) in [6.45, 7) is 6.77. The van der Waals surface area contributed by atoms with Crippen LogP contribution in [0.25, 0.3) is 11.3 Å². The van der Waals surface area contributed by atoms with E-state index in [0.717, 1.165) is 18.4 Å². The second-order valence-corrected chi connectivity index (χ2v) is 8.40. The molecule has 3 rings (SSSR count). The molecule has 0 spiro atoms. The summed E-state index contributed by atoms with van der Waals surface area (Å²) in [4.78, 5) is 22.9. The van der Waals surface area contributed by atoms with Crippen molar-refractivity contribution in [2.45, 2.75) is 45.3 Å². The van der Waals surface area contributed by atoms with Crippen LogP contribution in [0.1, 0.15) is 39.2 Å². The monoisotopic (exact) mass is 413 g/mol. The van der Waals surface area contributed by atoms with Gasteiger partial charge in [-0.25, -0.2) is 14.8 Å². The summed E-state index contributed by atoms with van der Waals surface area (Å²) < 4.78 is 5.47. The number of piperidine rings is 1. The van der Waals surface area contributed by atoms with Crippen molar-refractivity contribution in [1.29, 1.82) is 5.26 Å². The Morgan fingerprint density at radius 3 is 2.72 bits per heavy atom. The Morgan fingerprint density at radius 1 is 1.34 bits per heavy atom. The zero-order valence-electron chi connectivity index (χ0n) is 16.8. The number of anilines is 1. The molecule has 1 amide bonds. The van der Waals surface area contributed by atoms with E-state index in [1.807, 2.05) is 20.8 Å². The summed E-state index contributed by atoms with van der Waals surface area (Å²) in [5.41, 5.74) is 1.45. The Labute approximate surface area is 175 Å². The molecule has 1 fully saturated rings. The number of carbonyl (C=O) groups excluding carboxylic acids is 1. The van der Waals surface area contributed by atoms with Gasteiger partial charge < -0.3 is 15.0 Å². The van der Waals surface area contributed by atoms with Crippen molar-refractivity contribution in [3.8, 4) is 17.3 Å². The standard InChI is InChI=1S/C21H24ClN5O2/c1-21(2,3)29-20(28)27-10-4-5-16(13-27)25-19-24-12-17(22)18(26-19)15-8-6-14(11-23)7-9-15/h6-9,12,16H,4-5,10,13H2,1-3H3,(H,24,25,26). The molecule has 2 heterocycles. The molecule has 0 aliphatic carbocycles. The number of nitrogens with one attached hydrogen (secondary N) is 1. The average Bonchev–Trinajstić information content (AvgIpc) is 2.68. The molecule has 1 saturated heterocycles. The van der Waals surface area contributed by atoms with Crippen molar-refractivity contribution in [2.75, 3.05) is 18.4 Å².